The summed E-state index contributed by atoms with van der Waals surface area (Å²) in [6.45, 7) is 2.00. The van der Waals surface area contributed by atoms with Crippen molar-refractivity contribution in [2.24, 2.45) is 0 Å². The summed E-state index contributed by atoms with van der Waals surface area (Å²) in [6.07, 6.45) is 1.69. The number of benzene rings is 3. The molecule has 0 fully saturated rings. The fraction of sp³-hybridized carbons (Fsp3) is 0.0385. The van der Waals surface area contributed by atoms with Crippen LogP contribution in [0.3, 0.4) is 0 Å². The first kappa shape index (κ1) is 20.7. The predicted octanol–water partition coefficient (Wildman–Crippen LogP) is 6.35. The van der Waals surface area contributed by atoms with E-state index in [-0.39, 0.29) is 5.91 Å². The van der Waals surface area contributed by atoms with E-state index in [4.69, 9.17) is 16.7 Å². The van der Waals surface area contributed by atoms with Gasteiger partial charge in [-0.05, 0) is 49.4 Å². The van der Waals surface area contributed by atoms with Crippen LogP contribution in [0.4, 0.5) is 17.2 Å². The maximum Gasteiger partial charge on any atom is 0.263 e. The van der Waals surface area contributed by atoms with Gasteiger partial charge in [0.05, 0.1) is 5.69 Å². The first-order valence-corrected chi connectivity index (χ1v) is 10.8. The highest BCUT2D eigenvalue weighted by Gasteiger charge is 2.23. The molecule has 2 aromatic heterocycles. The van der Waals surface area contributed by atoms with Gasteiger partial charge in [-0.3, -0.25) is 4.79 Å². The van der Waals surface area contributed by atoms with Gasteiger partial charge in [-0.1, -0.05) is 59.6 Å². The topological polar surface area (TPSA) is 71.3 Å². The van der Waals surface area contributed by atoms with Crippen molar-refractivity contribution in [2.45, 2.75) is 6.92 Å². The van der Waals surface area contributed by atoms with Crippen molar-refractivity contribution in [2.75, 3.05) is 10.6 Å². The van der Waals surface area contributed by atoms with Gasteiger partial charge in [-0.15, -0.1) is 5.10 Å². The molecular weight excluding hydrogens is 434 g/mol. The Morgan fingerprint density at radius 3 is 2.30 bits per heavy atom. The van der Waals surface area contributed by atoms with Gasteiger partial charge in [0, 0.05) is 28.2 Å². The Labute approximate surface area is 195 Å². The highest BCUT2D eigenvalue weighted by atomic mass is 35.5. The maximum absolute atomic E-state index is 13.4. The number of fused-ring (bicyclic) bond motifs is 1. The molecule has 162 valence electrons. The molecule has 1 amide bonds. The van der Waals surface area contributed by atoms with Crippen LogP contribution in [-0.4, -0.2) is 20.5 Å². The molecule has 0 saturated heterocycles. The zero-order chi connectivity index (χ0) is 22.8. The Hall–Kier alpha value is -4.16. The van der Waals surface area contributed by atoms with E-state index in [0.29, 0.717) is 27.7 Å². The molecule has 0 atom stereocenters. The molecule has 0 aliphatic heterocycles. The molecule has 5 aromatic rings. The van der Waals surface area contributed by atoms with Crippen molar-refractivity contribution in [3.05, 3.63) is 107 Å². The van der Waals surface area contributed by atoms with Gasteiger partial charge in [0.25, 0.3) is 5.91 Å². The lowest BCUT2D eigenvalue weighted by molar-refractivity contribution is 0.102. The molecule has 33 heavy (non-hydrogen) atoms. The average Bonchev–Trinajstić information content (AvgIpc) is 3.20. The lowest BCUT2D eigenvalue weighted by Gasteiger charge is -2.08. The number of carbonyl (C=O) groups excluding carboxylic acids is 1. The molecule has 2 N–H and O–H groups in total. The molecule has 6 nitrogen and oxygen atoms in total. The van der Waals surface area contributed by atoms with Gasteiger partial charge >= 0.3 is 0 Å². The van der Waals surface area contributed by atoms with E-state index in [1.54, 1.807) is 22.8 Å². The Balaban J connectivity index is 1.63. The number of halogens is 1. The summed E-state index contributed by atoms with van der Waals surface area (Å²) in [7, 11) is 0. The third kappa shape index (κ3) is 4.29. The minimum absolute atomic E-state index is 0.303. The van der Waals surface area contributed by atoms with Crippen LogP contribution in [0.5, 0.6) is 0 Å². The number of anilines is 3. The summed E-state index contributed by atoms with van der Waals surface area (Å²) in [5.74, 6) is 0.0980. The van der Waals surface area contributed by atoms with E-state index in [2.05, 4.69) is 15.6 Å². The smallest absolute Gasteiger partial charge is 0.263 e. The van der Waals surface area contributed by atoms with Crippen LogP contribution < -0.4 is 10.6 Å². The Morgan fingerprint density at radius 2 is 1.58 bits per heavy atom. The minimum Gasteiger partial charge on any atom is -0.338 e. The quantitative estimate of drug-likeness (QED) is 0.325. The van der Waals surface area contributed by atoms with E-state index >= 15 is 0 Å². The van der Waals surface area contributed by atoms with Gasteiger partial charge in [0.1, 0.15) is 5.56 Å². The van der Waals surface area contributed by atoms with Crippen molar-refractivity contribution < 1.29 is 4.79 Å². The van der Waals surface area contributed by atoms with Crippen LogP contribution >= 0.6 is 11.6 Å². The summed E-state index contributed by atoms with van der Waals surface area (Å²) < 4.78 is 1.69. The van der Waals surface area contributed by atoms with Gasteiger partial charge in [0.2, 0.25) is 0 Å². The van der Waals surface area contributed by atoms with Crippen molar-refractivity contribution in [3.8, 4) is 11.3 Å². The number of hydrogen-bond acceptors (Lipinski definition) is 4. The number of nitrogens with zero attached hydrogens (tertiary/aromatic N) is 3. The number of rotatable bonds is 5. The van der Waals surface area contributed by atoms with Crippen LogP contribution in [0.15, 0.2) is 91.1 Å². The monoisotopic (exact) mass is 453 g/mol. The fourth-order valence-corrected chi connectivity index (χ4v) is 3.70. The van der Waals surface area contributed by atoms with E-state index in [9.17, 15) is 4.79 Å². The first-order chi connectivity index (χ1) is 16.1. The second-order valence-corrected chi connectivity index (χ2v) is 8.04. The summed E-state index contributed by atoms with van der Waals surface area (Å²) in [5, 5.41) is 11.6. The van der Waals surface area contributed by atoms with Crippen LogP contribution in [0.2, 0.25) is 5.02 Å². The molecule has 0 spiro atoms. The van der Waals surface area contributed by atoms with Crippen LogP contribution in [0, 0.1) is 6.92 Å². The largest absolute Gasteiger partial charge is 0.338 e. The molecular formula is C26H20ClN5O. The second-order valence-electron chi connectivity index (χ2n) is 7.61. The normalized spacial score (nSPS) is 10.8. The fourth-order valence-electron chi connectivity index (χ4n) is 3.57. The summed E-state index contributed by atoms with van der Waals surface area (Å²) in [5.41, 5.74) is 5.17. The van der Waals surface area contributed by atoms with Gasteiger partial charge in [-0.2, -0.15) is 0 Å². The summed E-state index contributed by atoms with van der Waals surface area (Å²) in [6, 6.07) is 26.6. The molecule has 0 aliphatic rings. The minimum atomic E-state index is -0.303. The molecule has 0 saturated carbocycles. The Kier molecular flexibility index (Phi) is 5.50. The van der Waals surface area contributed by atoms with Crippen LogP contribution in [0.1, 0.15) is 15.9 Å². The molecule has 0 unspecified atom stereocenters. The molecule has 3 aromatic carbocycles. The summed E-state index contributed by atoms with van der Waals surface area (Å²) in [4.78, 5) is 17.9. The van der Waals surface area contributed by atoms with Gasteiger partial charge in [-0.25, -0.2) is 9.50 Å². The number of hydrogen-bond donors (Lipinski definition) is 2. The number of carbonyl (C=O) groups is 1. The van der Waals surface area contributed by atoms with E-state index in [0.717, 1.165) is 22.5 Å². The number of amides is 1. The SMILES string of the molecule is Cc1ccc(NC(=O)c2c(Nc3ccc(Cl)cc3)nn3c(-c4ccccc4)ccnc23)cc1. The van der Waals surface area contributed by atoms with Crippen molar-refractivity contribution >= 4 is 40.3 Å². The lowest BCUT2D eigenvalue weighted by Crippen LogP contribution is -2.13. The van der Waals surface area contributed by atoms with Crippen LogP contribution in [-0.2, 0) is 0 Å². The number of nitrogens with one attached hydrogen (secondary N) is 2. The highest BCUT2D eigenvalue weighted by Crippen LogP contribution is 2.28. The Bertz CT molecular complexity index is 1430. The van der Waals surface area contributed by atoms with Gasteiger partial charge < -0.3 is 10.6 Å². The third-order valence-corrected chi connectivity index (χ3v) is 5.48. The van der Waals surface area contributed by atoms with Crippen molar-refractivity contribution in [1.29, 1.82) is 0 Å². The predicted molar refractivity (Wildman–Crippen MR) is 132 cm³/mol. The maximum atomic E-state index is 13.4. The molecule has 0 radical (unpaired) electrons. The van der Waals surface area contributed by atoms with E-state index < -0.39 is 0 Å². The molecule has 5 rings (SSSR count). The molecule has 0 aliphatic carbocycles. The van der Waals surface area contributed by atoms with E-state index in [1.165, 1.54) is 0 Å². The van der Waals surface area contributed by atoms with E-state index in [1.807, 2.05) is 79.7 Å². The number of aromatic nitrogens is 3. The summed E-state index contributed by atoms with van der Waals surface area (Å²) >= 11 is 6.03. The lowest BCUT2D eigenvalue weighted by atomic mass is 10.1. The molecule has 2 heterocycles. The molecule has 0 bridgehead atoms. The highest BCUT2D eigenvalue weighted by molar-refractivity contribution is 6.30. The van der Waals surface area contributed by atoms with Crippen molar-refractivity contribution in [3.63, 3.8) is 0 Å². The van der Waals surface area contributed by atoms with Crippen molar-refractivity contribution in [1.82, 2.24) is 14.6 Å². The zero-order valence-corrected chi connectivity index (χ0v) is 18.5. The standard InChI is InChI=1S/C26H20ClN5O/c1-17-7-11-21(12-8-17)30-26(33)23-24(29-20-13-9-19(27)10-14-20)31-32-22(15-16-28-25(23)32)18-5-3-2-4-6-18/h2-16H,1H3,(H,29,31)(H,30,33). The van der Waals surface area contributed by atoms with Crippen LogP contribution in [0.25, 0.3) is 16.9 Å². The zero-order valence-electron chi connectivity index (χ0n) is 17.8. The first-order valence-electron chi connectivity index (χ1n) is 10.4. The molecule has 7 heteroatoms. The second kappa shape index (κ2) is 8.76. The van der Waals surface area contributed by atoms with Gasteiger partial charge in [0.15, 0.2) is 11.5 Å². The third-order valence-electron chi connectivity index (χ3n) is 5.23. The number of aryl methyl sites for hydroxylation is 1. The average molecular weight is 454 g/mol. The Morgan fingerprint density at radius 1 is 0.879 bits per heavy atom.